The number of nitrogens with one attached hydrogen (secondary N) is 5. The first-order valence-electron chi connectivity index (χ1n) is 19.7. The zero-order chi connectivity index (χ0) is 48.7. The lowest BCUT2D eigenvalue weighted by Crippen LogP contribution is -2.36. The van der Waals surface area contributed by atoms with E-state index >= 15 is 0 Å². The molecule has 12 atom stereocenters. The van der Waals surface area contributed by atoms with Gasteiger partial charge in [0, 0.05) is 55.9 Å². The van der Waals surface area contributed by atoms with E-state index < -0.39 is 84.3 Å². The van der Waals surface area contributed by atoms with Gasteiger partial charge in [-0.25, -0.2) is 32.2 Å². The number of thioether (sulfide) groups is 1. The lowest BCUT2D eigenvalue weighted by Gasteiger charge is -2.21. The van der Waals surface area contributed by atoms with Crippen molar-refractivity contribution >= 4 is 90.3 Å². The SMILES string of the molecule is B[C@H]1C[C@@H](O)C(COP(=O)(O)OP(=O)(O)OP(=O)(O)OP(=O)(O)OP(=O)(O)OP(=O)(O)OCCCCCCNC(=O)CCC(=O)NCCNC(=O)CCCC[C@@H]2SC[C@@H]3NC(=O)N[C@@H]32)O1. The van der Waals surface area contributed by atoms with Crippen LogP contribution in [0.15, 0.2) is 0 Å². The zero-order valence-corrected chi connectivity index (χ0v) is 40.7. The van der Waals surface area contributed by atoms with E-state index in [2.05, 4.69) is 57.2 Å². The molecule has 3 rings (SSSR count). The number of ether oxygens (including phenoxy) is 1. The number of carbonyl (C=O) groups is 4. The molecule has 0 aliphatic carbocycles. The average Bonchev–Trinajstić information content (AvgIpc) is 3.80. The number of fused-ring (bicyclic) bond motifs is 1. The Labute approximate surface area is 377 Å². The summed E-state index contributed by atoms with van der Waals surface area (Å²) < 4.78 is 105. The van der Waals surface area contributed by atoms with Crippen molar-refractivity contribution in [3.8, 4) is 0 Å². The third-order valence-corrected chi connectivity index (χ3v) is 19.7. The third-order valence-electron chi connectivity index (χ3n) is 8.92. The summed E-state index contributed by atoms with van der Waals surface area (Å²) >= 11 is 1.81. The molecule has 0 radical (unpaired) electrons. The Morgan fingerprint density at radius 3 is 1.69 bits per heavy atom. The molecule has 3 fully saturated rings. The summed E-state index contributed by atoms with van der Waals surface area (Å²) in [5.41, 5.74) is 0. The van der Waals surface area contributed by atoms with Gasteiger partial charge in [-0.2, -0.15) is 33.3 Å². The molecule has 0 saturated carbocycles. The summed E-state index contributed by atoms with van der Waals surface area (Å²) in [7, 11) is -34.9. The minimum atomic E-state index is -6.42. The van der Waals surface area contributed by atoms with Crippen LogP contribution >= 0.6 is 58.7 Å². The number of hydrogen-bond donors (Lipinski definition) is 12. The van der Waals surface area contributed by atoms with E-state index in [1.54, 1.807) is 7.85 Å². The van der Waals surface area contributed by atoms with E-state index in [-0.39, 0.29) is 75.2 Å². The topological polar surface area (TPSA) is 446 Å². The fourth-order valence-corrected chi connectivity index (χ4v) is 15.6. The molecule has 376 valence electrons. The van der Waals surface area contributed by atoms with Gasteiger partial charge in [-0.05, 0) is 32.1 Å². The smallest absolute Gasteiger partial charge is 0.390 e. The monoisotopic (exact) mass is 1080 g/mol. The van der Waals surface area contributed by atoms with Crippen LogP contribution < -0.4 is 26.6 Å². The van der Waals surface area contributed by atoms with Crippen molar-refractivity contribution in [1.29, 1.82) is 0 Å². The summed E-state index contributed by atoms with van der Waals surface area (Å²) in [6.45, 7) is -0.867. The minimum Gasteiger partial charge on any atom is -0.390 e. The van der Waals surface area contributed by atoms with Crippen molar-refractivity contribution in [3.63, 3.8) is 0 Å². The summed E-state index contributed by atoms with van der Waals surface area (Å²) in [6.07, 6.45) is 1.54. The van der Waals surface area contributed by atoms with Gasteiger partial charge in [0.15, 0.2) is 0 Å². The molecule has 7 unspecified atom stereocenters. The Hall–Kier alpha value is -1.13. The number of carbonyl (C=O) groups excluding carboxylic acids is 4. The van der Waals surface area contributed by atoms with Crippen LogP contribution in [0.25, 0.3) is 0 Å². The second kappa shape index (κ2) is 26.2. The van der Waals surface area contributed by atoms with Crippen LogP contribution in [-0.2, 0) is 77.1 Å². The number of phosphoric ester groups is 2. The third kappa shape index (κ3) is 23.8. The molecule has 30 nitrogen and oxygen atoms in total. The van der Waals surface area contributed by atoms with E-state index in [4.69, 9.17) is 4.74 Å². The Bertz CT molecular complexity index is 1940. The van der Waals surface area contributed by atoms with Crippen LogP contribution in [0.4, 0.5) is 4.79 Å². The molecule has 0 bridgehead atoms. The van der Waals surface area contributed by atoms with Gasteiger partial charge in [0.05, 0.1) is 31.4 Å². The van der Waals surface area contributed by atoms with Crippen LogP contribution in [0.3, 0.4) is 0 Å². The predicted molar refractivity (Wildman–Crippen MR) is 225 cm³/mol. The maximum atomic E-state index is 12.1. The fraction of sp³-hybridized carbons (Fsp3) is 0.852. The van der Waals surface area contributed by atoms with Gasteiger partial charge in [-0.1, -0.05) is 19.3 Å². The summed E-state index contributed by atoms with van der Waals surface area (Å²) in [6, 6.07) is -0.359. The quantitative estimate of drug-likeness (QED) is 0.0186. The second-order valence-corrected chi connectivity index (χ2v) is 25.1. The molecule has 0 aromatic rings. The summed E-state index contributed by atoms with van der Waals surface area (Å²) in [5.74, 6) is -0.0669. The molecule has 12 N–H and O–H groups in total. The molecule has 0 aromatic carbocycles. The average molecular weight is 1080 g/mol. The van der Waals surface area contributed by atoms with E-state index in [1.165, 1.54) is 0 Å². The number of aliphatic hydroxyl groups is 1. The molecule has 65 heavy (non-hydrogen) atoms. The van der Waals surface area contributed by atoms with Crippen molar-refractivity contribution in [2.24, 2.45) is 0 Å². The highest BCUT2D eigenvalue weighted by Crippen LogP contribution is 2.75. The number of unbranched alkanes of at least 4 members (excludes halogenated alkanes) is 4. The molecule has 0 aromatic heterocycles. The van der Waals surface area contributed by atoms with Crippen LogP contribution in [0, 0.1) is 0 Å². The van der Waals surface area contributed by atoms with Gasteiger partial charge in [-0.15, -0.1) is 0 Å². The minimum absolute atomic E-state index is 0.0385. The molecule has 3 saturated heterocycles. The van der Waals surface area contributed by atoms with Crippen molar-refractivity contribution in [2.45, 2.75) is 106 Å². The number of hydrogen-bond acceptors (Lipinski definition) is 20. The van der Waals surface area contributed by atoms with Gasteiger partial charge in [0.1, 0.15) is 14.0 Å². The standard InChI is InChI=1S/C27H54BN5O25P6S/c28-22-15-19(34)20(53-22)16-52-60(41,42)55-62(45,46)57-64(49,50)58-63(47,48)56-61(43,44)54-59(39,40)51-14-6-2-1-5-11-29-24(36)9-10-25(37)31-13-12-30-23(35)8-4-3-7-21-26-18(17-65-21)32-27(38)33-26/h18-22,26,34H,1-17,28H2,(H,29,36)(H,30,35)(H,31,37)(H,39,40)(H,41,42)(H,43,44)(H,45,46)(H,47,48)(H,49,50)(H2,32,33,38)/t18-,19+,20?,21-,22+,26-/m0/s1. The van der Waals surface area contributed by atoms with Crippen molar-refractivity contribution < 1.29 is 116 Å². The lowest BCUT2D eigenvalue weighted by molar-refractivity contribution is -0.126. The Morgan fingerprint density at radius 2 is 1.15 bits per heavy atom. The lowest BCUT2D eigenvalue weighted by atomic mass is 9.96. The summed E-state index contributed by atoms with van der Waals surface area (Å²) in [5, 5.41) is 23.9. The van der Waals surface area contributed by atoms with Crippen LogP contribution in [0.1, 0.15) is 70.6 Å². The maximum Gasteiger partial charge on any atom is 0.490 e. The first-order valence-corrected chi connectivity index (χ1v) is 29.7. The van der Waals surface area contributed by atoms with Gasteiger partial charge in [-0.3, -0.25) is 23.4 Å². The number of phosphoric acid groups is 6. The Kier molecular flexibility index (Phi) is 23.4. The largest absolute Gasteiger partial charge is 0.490 e. The molecule has 5 amide bonds. The molecule has 3 aliphatic rings. The highest BCUT2D eigenvalue weighted by atomic mass is 32.2. The van der Waals surface area contributed by atoms with E-state index in [1.807, 2.05) is 11.8 Å². The normalized spacial score (nSPS) is 27.3. The van der Waals surface area contributed by atoms with Crippen LogP contribution in [0.2, 0.25) is 0 Å². The molecule has 3 heterocycles. The highest BCUT2D eigenvalue weighted by molar-refractivity contribution is 8.00. The number of urea groups is 1. The Balaban J connectivity index is 1.20. The van der Waals surface area contributed by atoms with Crippen molar-refractivity contribution in [1.82, 2.24) is 26.6 Å². The highest BCUT2D eigenvalue weighted by Gasteiger charge is 2.50. The van der Waals surface area contributed by atoms with Gasteiger partial charge in [0.25, 0.3) is 0 Å². The molecule has 3 aliphatic heterocycles. The summed E-state index contributed by atoms with van der Waals surface area (Å²) in [4.78, 5) is 106. The predicted octanol–water partition coefficient (Wildman–Crippen LogP) is 0.229. The first kappa shape index (κ1) is 58.2. The fourth-order valence-electron chi connectivity index (χ4n) is 6.17. The molecular weight excluding hydrogens is 1020 g/mol. The second-order valence-electron chi connectivity index (χ2n) is 14.5. The maximum absolute atomic E-state index is 12.1. The van der Waals surface area contributed by atoms with Crippen LogP contribution in [-0.4, -0.2) is 140 Å². The van der Waals surface area contributed by atoms with Crippen molar-refractivity contribution in [2.75, 3.05) is 38.6 Å². The van der Waals surface area contributed by atoms with E-state index in [0.29, 0.717) is 37.4 Å². The number of aliphatic hydroxyl groups excluding tert-OH is 1. The van der Waals surface area contributed by atoms with E-state index in [9.17, 15) is 81.0 Å². The van der Waals surface area contributed by atoms with Crippen LogP contribution in [0.5, 0.6) is 0 Å². The van der Waals surface area contributed by atoms with E-state index in [0.717, 1.165) is 18.6 Å². The number of amides is 5. The zero-order valence-electron chi connectivity index (χ0n) is 34.6. The molecular formula is C27H54BN5O25P6S. The number of rotatable bonds is 32. The molecule has 38 heteroatoms. The van der Waals surface area contributed by atoms with Gasteiger partial charge < -0.3 is 65.8 Å². The van der Waals surface area contributed by atoms with Gasteiger partial charge >= 0.3 is 53.0 Å². The Morgan fingerprint density at radius 1 is 0.662 bits per heavy atom. The van der Waals surface area contributed by atoms with Crippen molar-refractivity contribution in [3.05, 3.63) is 0 Å². The first-order chi connectivity index (χ1) is 30.1. The molecule has 0 spiro atoms. The van der Waals surface area contributed by atoms with Gasteiger partial charge in [0.2, 0.25) is 17.7 Å².